The van der Waals surface area contributed by atoms with E-state index in [1.165, 1.54) is 31.5 Å². The topological polar surface area (TPSA) is 52.1 Å². The number of guanidine groups is 1. The van der Waals surface area contributed by atoms with Crippen LogP contribution in [0.3, 0.4) is 0 Å². The maximum absolute atomic E-state index is 5.60. The van der Waals surface area contributed by atoms with Crippen LogP contribution in [0.5, 0.6) is 0 Å². The standard InChI is InChI=1S/C23H39N5O/c1-4-24-22(26-19-23(27(2)3)12-16-29-17-13-23)25-18-21(28-14-8-9-15-28)20-10-6-5-7-11-20/h5-7,10-11,21H,4,8-9,12-19H2,1-3H3,(H2,24,25,26). The number of benzene rings is 1. The first-order valence-corrected chi connectivity index (χ1v) is 11.2. The van der Waals surface area contributed by atoms with Crippen LogP contribution in [-0.4, -0.2) is 81.3 Å². The summed E-state index contributed by atoms with van der Waals surface area (Å²) in [6, 6.07) is 11.3. The number of aliphatic imine (C=N–C) groups is 1. The summed E-state index contributed by atoms with van der Waals surface area (Å²) in [5, 5.41) is 7.09. The van der Waals surface area contributed by atoms with Gasteiger partial charge in [-0.05, 0) is 65.4 Å². The molecule has 0 saturated carbocycles. The fourth-order valence-corrected chi connectivity index (χ4v) is 4.45. The fraction of sp³-hybridized carbons (Fsp3) is 0.696. The van der Waals surface area contributed by atoms with Gasteiger partial charge in [0.2, 0.25) is 0 Å². The van der Waals surface area contributed by atoms with E-state index in [0.29, 0.717) is 6.04 Å². The van der Waals surface area contributed by atoms with Gasteiger partial charge < -0.3 is 20.3 Å². The van der Waals surface area contributed by atoms with Gasteiger partial charge in [0.25, 0.3) is 0 Å². The lowest BCUT2D eigenvalue weighted by Crippen LogP contribution is -2.52. The van der Waals surface area contributed by atoms with Crippen LogP contribution in [0.1, 0.15) is 44.2 Å². The molecule has 6 heteroatoms. The third kappa shape index (κ3) is 5.93. The Morgan fingerprint density at radius 3 is 2.45 bits per heavy atom. The van der Waals surface area contributed by atoms with E-state index in [1.54, 1.807) is 0 Å². The van der Waals surface area contributed by atoms with Crippen LogP contribution in [0.2, 0.25) is 0 Å². The summed E-state index contributed by atoms with van der Waals surface area (Å²) in [6.07, 6.45) is 4.66. The van der Waals surface area contributed by atoms with Crippen LogP contribution >= 0.6 is 0 Å². The summed E-state index contributed by atoms with van der Waals surface area (Å²) < 4.78 is 5.60. The van der Waals surface area contributed by atoms with Gasteiger partial charge >= 0.3 is 0 Å². The number of rotatable bonds is 8. The normalized spacial score (nSPS) is 21.3. The van der Waals surface area contributed by atoms with Crippen molar-refractivity contribution in [3.63, 3.8) is 0 Å². The van der Waals surface area contributed by atoms with E-state index in [9.17, 15) is 0 Å². The van der Waals surface area contributed by atoms with Crippen LogP contribution in [0.4, 0.5) is 0 Å². The molecule has 6 nitrogen and oxygen atoms in total. The molecule has 0 amide bonds. The molecule has 2 N–H and O–H groups in total. The van der Waals surface area contributed by atoms with Crippen molar-refractivity contribution in [3.8, 4) is 0 Å². The number of ether oxygens (including phenoxy) is 1. The second-order valence-corrected chi connectivity index (χ2v) is 8.48. The summed E-state index contributed by atoms with van der Waals surface area (Å²) in [5.74, 6) is 0.917. The van der Waals surface area contributed by atoms with Crippen LogP contribution in [-0.2, 0) is 4.74 Å². The number of likely N-dealkylation sites (tertiary alicyclic amines) is 1. The predicted octanol–water partition coefficient (Wildman–Crippen LogP) is 2.49. The van der Waals surface area contributed by atoms with Gasteiger partial charge in [0, 0.05) is 31.8 Å². The number of likely N-dealkylation sites (N-methyl/N-ethyl adjacent to an activating group) is 1. The van der Waals surface area contributed by atoms with Crippen molar-refractivity contribution >= 4 is 5.96 Å². The second-order valence-electron chi connectivity index (χ2n) is 8.48. The first kappa shape index (κ1) is 22.1. The number of nitrogens with zero attached hydrogens (tertiary/aromatic N) is 3. The third-order valence-corrected chi connectivity index (χ3v) is 6.48. The largest absolute Gasteiger partial charge is 0.381 e. The fourth-order valence-electron chi connectivity index (χ4n) is 4.45. The minimum Gasteiger partial charge on any atom is -0.381 e. The predicted molar refractivity (Wildman–Crippen MR) is 120 cm³/mol. The molecule has 2 aliphatic rings. The van der Waals surface area contributed by atoms with Crippen molar-refractivity contribution in [2.75, 3.05) is 60.0 Å². The van der Waals surface area contributed by atoms with Crippen LogP contribution < -0.4 is 10.6 Å². The van der Waals surface area contributed by atoms with Gasteiger partial charge in [-0.3, -0.25) is 9.89 Å². The average molecular weight is 402 g/mol. The van der Waals surface area contributed by atoms with E-state index >= 15 is 0 Å². The Morgan fingerprint density at radius 1 is 1.14 bits per heavy atom. The zero-order valence-corrected chi connectivity index (χ0v) is 18.5. The quantitative estimate of drug-likeness (QED) is 0.518. The van der Waals surface area contributed by atoms with E-state index < -0.39 is 0 Å². The van der Waals surface area contributed by atoms with Crippen molar-refractivity contribution in [2.24, 2.45) is 4.99 Å². The van der Waals surface area contributed by atoms with Crippen molar-refractivity contribution in [1.82, 2.24) is 20.4 Å². The minimum atomic E-state index is 0.0917. The van der Waals surface area contributed by atoms with E-state index in [1.807, 2.05) is 0 Å². The van der Waals surface area contributed by atoms with E-state index in [-0.39, 0.29) is 5.54 Å². The molecule has 2 saturated heterocycles. The van der Waals surface area contributed by atoms with Crippen molar-refractivity contribution in [2.45, 2.75) is 44.2 Å². The maximum Gasteiger partial charge on any atom is 0.191 e. The number of hydrogen-bond acceptors (Lipinski definition) is 4. The summed E-state index contributed by atoms with van der Waals surface area (Å²) >= 11 is 0. The molecule has 29 heavy (non-hydrogen) atoms. The molecule has 0 radical (unpaired) electrons. The number of nitrogens with one attached hydrogen (secondary N) is 2. The molecule has 1 aromatic rings. The van der Waals surface area contributed by atoms with E-state index in [0.717, 1.165) is 51.6 Å². The van der Waals surface area contributed by atoms with Gasteiger partial charge in [-0.1, -0.05) is 30.3 Å². The second kappa shape index (κ2) is 11.0. The zero-order valence-electron chi connectivity index (χ0n) is 18.5. The molecule has 2 heterocycles. The first-order chi connectivity index (χ1) is 14.1. The van der Waals surface area contributed by atoms with Gasteiger partial charge in [0.15, 0.2) is 5.96 Å². The van der Waals surface area contributed by atoms with Crippen molar-refractivity contribution in [1.29, 1.82) is 0 Å². The van der Waals surface area contributed by atoms with Crippen molar-refractivity contribution in [3.05, 3.63) is 35.9 Å². The molecule has 0 aromatic heterocycles. The molecule has 162 valence electrons. The van der Waals surface area contributed by atoms with Gasteiger partial charge in [-0.25, -0.2) is 0 Å². The molecule has 3 rings (SSSR count). The Hall–Kier alpha value is -1.63. The highest BCUT2D eigenvalue weighted by Crippen LogP contribution is 2.27. The Bertz CT molecular complexity index is 621. The molecular weight excluding hydrogens is 362 g/mol. The monoisotopic (exact) mass is 401 g/mol. The summed E-state index contributed by atoms with van der Waals surface area (Å²) in [5.41, 5.74) is 1.47. The Kier molecular flexibility index (Phi) is 8.33. The molecule has 1 atom stereocenters. The van der Waals surface area contributed by atoms with Gasteiger partial charge in [0.05, 0.1) is 12.6 Å². The molecule has 0 bridgehead atoms. The third-order valence-electron chi connectivity index (χ3n) is 6.48. The summed E-state index contributed by atoms with van der Waals surface area (Å²) in [6.45, 7) is 8.65. The summed E-state index contributed by atoms with van der Waals surface area (Å²) in [7, 11) is 4.33. The Balaban J connectivity index is 1.68. The highest BCUT2D eigenvalue weighted by molar-refractivity contribution is 5.79. The van der Waals surface area contributed by atoms with E-state index in [4.69, 9.17) is 9.73 Å². The lowest BCUT2D eigenvalue weighted by atomic mass is 9.89. The number of hydrogen-bond donors (Lipinski definition) is 2. The molecule has 1 aromatic carbocycles. The Labute approximate surface area is 176 Å². The highest BCUT2D eigenvalue weighted by Gasteiger charge is 2.34. The van der Waals surface area contributed by atoms with Gasteiger partial charge in [-0.15, -0.1) is 0 Å². The molecule has 2 fully saturated rings. The summed E-state index contributed by atoms with van der Waals surface area (Å²) in [4.78, 5) is 9.94. The van der Waals surface area contributed by atoms with E-state index in [2.05, 4.69) is 71.8 Å². The lowest BCUT2D eigenvalue weighted by Gasteiger charge is -2.41. The SMILES string of the molecule is CCNC(=NCC1(N(C)C)CCOCC1)NCC(c1ccccc1)N1CCCC1. The van der Waals surface area contributed by atoms with Crippen LogP contribution in [0, 0.1) is 0 Å². The molecular formula is C23H39N5O. The molecule has 0 spiro atoms. The Morgan fingerprint density at radius 2 is 1.83 bits per heavy atom. The first-order valence-electron chi connectivity index (χ1n) is 11.2. The van der Waals surface area contributed by atoms with Crippen molar-refractivity contribution < 1.29 is 4.74 Å². The molecule has 2 aliphatic heterocycles. The minimum absolute atomic E-state index is 0.0917. The van der Waals surface area contributed by atoms with Gasteiger partial charge in [-0.2, -0.15) is 0 Å². The highest BCUT2D eigenvalue weighted by atomic mass is 16.5. The lowest BCUT2D eigenvalue weighted by molar-refractivity contribution is -0.00255. The smallest absolute Gasteiger partial charge is 0.191 e. The van der Waals surface area contributed by atoms with Crippen LogP contribution in [0.15, 0.2) is 35.3 Å². The zero-order chi connectivity index (χ0) is 20.5. The maximum atomic E-state index is 5.60. The average Bonchev–Trinajstić information content (AvgIpc) is 3.28. The molecule has 1 unspecified atom stereocenters. The van der Waals surface area contributed by atoms with Crippen LogP contribution in [0.25, 0.3) is 0 Å². The molecule has 0 aliphatic carbocycles. The van der Waals surface area contributed by atoms with Gasteiger partial charge in [0.1, 0.15) is 0 Å².